The lowest BCUT2D eigenvalue weighted by molar-refractivity contribution is -0.140. The highest BCUT2D eigenvalue weighted by atomic mass is 35.5. The smallest absolute Gasteiger partial charge is 0.309 e. The Morgan fingerprint density at radius 3 is 2.59 bits per heavy atom. The molecule has 0 bridgehead atoms. The molecule has 0 unspecified atom stereocenters. The van der Waals surface area contributed by atoms with Gasteiger partial charge in [0.15, 0.2) is 0 Å². The molecular weight excluding hydrogens is 454 g/mol. The molecular formula is C22H26ClN3O5S. The van der Waals surface area contributed by atoms with Gasteiger partial charge in [0.05, 0.1) is 18.0 Å². The number of hydrogen-bond donors (Lipinski definition) is 2. The molecule has 0 spiro atoms. The molecule has 0 aliphatic carbocycles. The molecule has 0 aromatic heterocycles. The summed E-state index contributed by atoms with van der Waals surface area (Å²) in [6, 6.07) is 12.2. The fraction of sp³-hybridized carbons (Fsp3) is 0.364. The Labute approximate surface area is 192 Å². The van der Waals surface area contributed by atoms with Crippen LogP contribution in [0.5, 0.6) is 0 Å². The lowest BCUT2D eigenvalue weighted by Crippen LogP contribution is -2.53. The average Bonchev–Trinajstić information content (AvgIpc) is 2.78. The van der Waals surface area contributed by atoms with Crippen molar-refractivity contribution < 1.29 is 22.7 Å². The maximum absolute atomic E-state index is 13.3. The number of benzene rings is 2. The monoisotopic (exact) mass is 479 g/mol. The van der Waals surface area contributed by atoms with E-state index in [0.717, 1.165) is 5.56 Å². The van der Waals surface area contributed by atoms with E-state index in [1.54, 1.807) is 43.3 Å². The van der Waals surface area contributed by atoms with Crippen LogP contribution in [0.3, 0.4) is 0 Å². The first-order valence-electron chi connectivity index (χ1n) is 10.2. The van der Waals surface area contributed by atoms with Crippen LogP contribution in [-0.2, 0) is 30.9 Å². The zero-order chi connectivity index (χ0) is 23.3. The highest BCUT2D eigenvalue weighted by molar-refractivity contribution is 7.89. The Kier molecular flexibility index (Phi) is 7.89. The van der Waals surface area contributed by atoms with Gasteiger partial charge < -0.3 is 15.4 Å². The van der Waals surface area contributed by atoms with Gasteiger partial charge in [0.1, 0.15) is 6.23 Å². The van der Waals surface area contributed by atoms with E-state index in [4.69, 9.17) is 16.3 Å². The Bertz CT molecular complexity index is 1110. The molecule has 3 rings (SSSR count). The number of sulfonamides is 1. The van der Waals surface area contributed by atoms with E-state index < -0.39 is 28.1 Å². The normalized spacial score (nSPS) is 17.0. The molecule has 1 saturated heterocycles. The molecule has 0 radical (unpaired) electrons. The minimum absolute atomic E-state index is 0.0962. The summed E-state index contributed by atoms with van der Waals surface area (Å²) < 4.78 is 33.4. The first-order valence-corrected chi connectivity index (χ1v) is 12.0. The molecule has 2 aromatic carbocycles. The minimum Gasteiger partial charge on any atom is -0.360 e. The van der Waals surface area contributed by atoms with E-state index in [-0.39, 0.29) is 24.5 Å². The van der Waals surface area contributed by atoms with Crippen molar-refractivity contribution in [2.24, 2.45) is 0 Å². The number of halogens is 1. The van der Waals surface area contributed by atoms with Gasteiger partial charge >= 0.3 is 11.8 Å². The fourth-order valence-corrected chi connectivity index (χ4v) is 5.45. The molecule has 1 aliphatic rings. The van der Waals surface area contributed by atoms with Gasteiger partial charge in [-0.2, -0.15) is 4.31 Å². The zero-order valence-electron chi connectivity index (χ0n) is 17.9. The molecule has 32 heavy (non-hydrogen) atoms. The molecule has 1 heterocycles. The van der Waals surface area contributed by atoms with Gasteiger partial charge in [-0.25, -0.2) is 8.42 Å². The summed E-state index contributed by atoms with van der Waals surface area (Å²) in [5.74, 6) is -1.72. The summed E-state index contributed by atoms with van der Waals surface area (Å²) in [4.78, 5) is 24.6. The molecule has 2 amide bonds. The maximum Gasteiger partial charge on any atom is 0.309 e. The van der Waals surface area contributed by atoms with Crippen LogP contribution in [0.4, 0.5) is 0 Å². The van der Waals surface area contributed by atoms with Crippen LogP contribution >= 0.6 is 11.6 Å². The summed E-state index contributed by atoms with van der Waals surface area (Å²) in [5.41, 5.74) is 2.13. The Morgan fingerprint density at radius 1 is 1.12 bits per heavy atom. The number of carbonyl (C=O) groups is 2. The topological polar surface area (TPSA) is 105 Å². The summed E-state index contributed by atoms with van der Waals surface area (Å²) in [5, 5.41) is 5.45. The highest BCUT2D eigenvalue weighted by Crippen LogP contribution is 2.25. The number of carbonyl (C=O) groups excluding carboxylic acids is 2. The van der Waals surface area contributed by atoms with Gasteiger partial charge in [-0.15, -0.1) is 0 Å². The van der Waals surface area contributed by atoms with Crippen LogP contribution in [0, 0.1) is 13.8 Å². The van der Waals surface area contributed by atoms with Crippen molar-refractivity contribution >= 4 is 33.4 Å². The standard InChI is InChI=1S/C22H26ClN3O5S/c1-15-8-9-16(2)19(12-15)32(29,30)26-10-5-11-31-20(26)14-25-22(28)21(27)24-13-17-6-3-4-7-18(17)23/h3-4,6-9,12,20H,5,10-11,13-14H2,1-2H3,(H,24,27)(H,25,28)/t20-/m1/s1. The number of nitrogens with zero attached hydrogens (tertiary/aromatic N) is 1. The Balaban J connectivity index is 1.64. The molecule has 1 aliphatic heterocycles. The Hall–Kier alpha value is -2.46. The third kappa shape index (κ3) is 5.66. The first kappa shape index (κ1) is 24.2. The fourth-order valence-electron chi connectivity index (χ4n) is 3.37. The summed E-state index contributed by atoms with van der Waals surface area (Å²) in [6.45, 7) is 4.12. The van der Waals surface area contributed by atoms with Crippen LogP contribution in [0.2, 0.25) is 5.02 Å². The van der Waals surface area contributed by atoms with Crippen molar-refractivity contribution in [3.05, 3.63) is 64.2 Å². The van der Waals surface area contributed by atoms with Crippen molar-refractivity contribution in [2.45, 2.75) is 37.9 Å². The number of aryl methyl sites for hydroxylation is 2. The zero-order valence-corrected chi connectivity index (χ0v) is 19.5. The van der Waals surface area contributed by atoms with Crippen LogP contribution < -0.4 is 10.6 Å². The predicted molar refractivity (Wildman–Crippen MR) is 120 cm³/mol. The van der Waals surface area contributed by atoms with Gasteiger partial charge in [0.25, 0.3) is 0 Å². The van der Waals surface area contributed by atoms with Crippen LogP contribution in [0.15, 0.2) is 47.4 Å². The van der Waals surface area contributed by atoms with Crippen molar-refractivity contribution in [2.75, 3.05) is 19.7 Å². The molecule has 1 atom stereocenters. The third-order valence-electron chi connectivity index (χ3n) is 5.13. The maximum atomic E-state index is 13.3. The number of hydrogen-bond acceptors (Lipinski definition) is 5. The SMILES string of the molecule is Cc1ccc(C)c(S(=O)(=O)N2CCCO[C@@H]2CNC(=O)C(=O)NCc2ccccc2Cl)c1. The molecule has 172 valence electrons. The van der Waals surface area contributed by atoms with Crippen molar-refractivity contribution in [3.8, 4) is 0 Å². The van der Waals surface area contributed by atoms with Crippen molar-refractivity contribution in [3.63, 3.8) is 0 Å². The van der Waals surface area contributed by atoms with E-state index in [0.29, 0.717) is 29.2 Å². The second-order valence-corrected chi connectivity index (χ2v) is 9.81. The van der Waals surface area contributed by atoms with Gasteiger partial charge in [-0.05, 0) is 49.1 Å². The van der Waals surface area contributed by atoms with Gasteiger partial charge in [0, 0.05) is 18.1 Å². The molecule has 1 fully saturated rings. The van der Waals surface area contributed by atoms with Crippen molar-refractivity contribution in [1.82, 2.24) is 14.9 Å². The van der Waals surface area contributed by atoms with Crippen molar-refractivity contribution in [1.29, 1.82) is 0 Å². The van der Waals surface area contributed by atoms with E-state index >= 15 is 0 Å². The van der Waals surface area contributed by atoms with E-state index in [2.05, 4.69) is 10.6 Å². The van der Waals surface area contributed by atoms with Gasteiger partial charge in [0.2, 0.25) is 10.0 Å². The van der Waals surface area contributed by atoms with E-state index in [9.17, 15) is 18.0 Å². The van der Waals surface area contributed by atoms with Crippen LogP contribution in [0.1, 0.15) is 23.1 Å². The average molecular weight is 480 g/mol. The second kappa shape index (κ2) is 10.4. The number of rotatable bonds is 6. The number of nitrogens with one attached hydrogen (secondary N) is 2. The van der Waals surface area contributed by atoms with Crippen LogP contribution in [0.25, 0.3) is 0 Å². The molecule has 10 heteroatoms. The molecule has 2 aromatic rings. The minimum atomic E-state index is -3.84. The second-order valence-electron chi connectivity index (χ2n) is 7.55. The number of ether oxygens (including phenoxy) is 1. The quantitative estimate of drug-likeness (QED) is 0.617. The lowest BCUT2D eigenvalue weighted by Gasteiger charge is -2.35. The van der Waals surface area contributed by atoms with E-state index in [1.165, 1.54) is 4.31 Å². The molecule has 0 saturated carbocycles. The summed E-state index contributed by atoms with van der Waals surface area (Å²) >= 11 is 6.05. The third-order valence-corrected chi connectivity index (χ3v) is 7.52. The summed E-state index contributed by atoms with van der Waals surface area (Å²) in [6.07, 6.45) is -0.374. The molecule has 8 nitrogen and oxygen atoms in total. The van der Waals surface area contributed by atoms with Gasteiger partial charge in [-0.3, -0.25) is 9.59 Å². The van der Waals surface area contributed by atoms with E-state index in [1.807, 2.05) is 13.0 Å². The first-order chi connectivity index (χ1) is 15.2. The molecule has 2 N–H and O–H groups in total. The largest absolute Gasteiger partial charge is 0.360 e. The van der Waals surface area contributed by atoms with Crippen LogP contribution in [-0.4, -0.2) is 50.5 Å². The lowest BCUT2D eigenvalue weighted by atomic mass is 10.2. The number of amides is 2. The Morgan fingerprint density at radius 2 is 1.84 bits per heavy atom. The summed E-state index contributed by atoms with van der Waals surface area (Å²) in [7, 11) is -3.84. The van der Waals surface area contributed by atoms with Gasteiger partial charge in [-0.1, -0.05) is 41.9 Å². The highest BCUT2D eigenvalue weighted by Gasteiger charge is 2.35. The predicted octanol–water partition coefficient (Wildman–Crippen LogP) is 2.13.